The molecule has 1 aliphatic rings. The van der Waals surface area contributed by atoms with Crippen LogP contribution in [0, 0.1) is 13.8 Å². The number of nitrogens with one attached hydrogen (secondary N) is 1. The molecule has 1 fully saturated rings. The van der Waals surface area contributed by atoms with E-state index in [9.17, 15) is 4.79 Å². The number of urea groups is 1. The molecule has 5 heteroatoms. The van der Waals surface area contributed by atoms with Gasteiger partial charge in [0.1, 0.15) is 5.75 Å². The van der Waals surface area contributed by atoms with Gasteiger partial charge in [0.15, 0.2) is 6.73 Å². The average Bonchev–Trinajstić information content (AvgIpc) is 2.52. The molecule has 1 N–H and O–H groups in total. The number of benzene rings is 1. The van der Waals surface area contributed by atoms with E-state index in [2.05, 4.69) is 5.32 Å². The standard InChI is InChI=1S/C17H25ClN2O2/c1-12-9-15(10-13(2)16(12)18)22-11-19-17(21)20(3)14-7-5-4-6-8-14/h9-10,14H,4-8,11H2,1-3H3,(H,19,21). The largest absolute Gasteiger partial charge is 0.473 e. The zero-order valence-electron chi connectivity index (χ0n) is 13.6. The smallest absolute Gasteiger partial charge is 0.319 e. The average molecular weight is 325 g/mol. The van der Waals surface area contributed by atoms with Crippen LogP contribution >= 0.6 is 11.6 Å². The number of carbonyl (C=O) groups excluding carboxylic acids is 1. The molecule has 0 heterocycles. The third-order valence-corrected chi connectivity index (χ3v) is 4.91. The van der Waals surface area contributed by atoms with Crippen molar-refractivity contribution >= 4 is 17.6 Å². The van der Waals surface area contributed by atoms with Crippen molar-refractivity contribution in [2.45, 2.75) is 52.0 Å². The van der Waals surface area contributed by atoms with Crippen molar-refractivity contribution in [2.24, 2.45) is 0 Å². The lowest BCUT2D eigenvalue weighted by molar-refractivity contribution is 0.163. The van der Waals surface area contributed by atoms with Gasteiger partial charge >= 0.3 is 6.03 Å². The van der Waals surface area contributed by atoms with Crippen LogP contribution in [0.2, 0.25) is 5.02 Å². The number of halogens is 1. The molecule has 0 bridgehead atoms. The summed E-state index contributed by atoms with van der Waals surface area (Å²) in [6, 6.07) is 4.04. The van der Waals surface area contributed by atoms with Crippen LogP contribution in [0.3, 0.4) is 0 Å². The van der Waals surface area contributed by atoms with Crippen LogP contribution in [-0.2, 0) is 0 Å². The van der Waals surface area contributed by atoms with E-state index < -0.39 is 0 Å². The second-order valence-electron chi connectivity index (χ2n) is 6.04. The Morgan fingerprint density at radius 1 is 1.27 bits per heavy atom. The third-order valence-electron chi connectivity index (χ3n) is 4.31. The molecule has 1 aromatic rings. The fourth-order valence-corrected chi connectivity index (χ4v) is 3.04. The van der Waals surface area contributed by atoms with Crippen LogP contribution in [0.1, 0.15) is 43.2 Å². The van der Waals surface area contributed by atoms with E-state index in [0.29, 0.717) is 6.04 Å². The molecule has 0 aromatic heterocycles. The van der Waals surface area contributed by atoms with Crippen molar-refractivity contribution in [3.8, 4) is 5.75 Å². The molecule has 0 saturated heterocycles. The highest BCUT2D eigenvalue weighted by molar-refractivity contribution is 6.32. The molecule has 0 atom stereocenters. The van der Waals surface area contributed by atoms with Gasteiger partial charge in [-0.15, -0.1) is 0 Å². The highest BCUT2D eigenvalue weighted by Crippen LogP contribution is 2.25. The quantitative estimate of drug-likeness (QED) is 0.840. The normalized spacial score (nSPS) is 15.5. The molecule has 1 aliphatic carbocycles. The number of carbonyl (C=O) groups is 1. The van der Waals surface area contributed by atoms with Crippen molar-refractivity contribution in [1.82, 2.24) is 10.2 Å². The highest BCUT2D eigenvalue weighted by atomic mass is 35.5. The summed E-state index contributed by atoms with van der Waals surface area (Å²) in [7, 11) is 1.86. The molecule has 0 radical (unpaired) electrons. The lowest BCUT2D eigenvalue weighted by atomic mass is 9.95. The highest BCUT2D eigenvalue weighted by Gasteiger charge is 2.21. The summed E-state index contributed by atoms with van der Waals surface area (Å²) in [5.41, 5.74) is 1.95. The SMILES string of the molecule is Cc1cc(OCNC(=O)N(C)C2CCCCC2)cc(C)c1Cl. The van der Waals surface area contributed by atoms with Gasteiger partial charge in [0, 0.05) is 18.1 Å². The Morgan fingerprint density at radius 2 is 1.86 bits per heavy atom. The van der Waals surface area contributed by atoms with Crippen LogP contribution in [-0.4, -0.2) is 30.8 Å². The number of hydrogen-bond acceptors (Lipinski definition) is 2. The van der Waals surface area contributed by atoms with E-state index in [4.69, 9.17) is 16.3 Å². The van der Waals surface area contributed by atoms with Gasteiger partial charge in [-0.3, -0.25) is 0 Å². The molecule has 2 amide bonds. The number of nitrogens with zero attached hydrogens (tertiary/aromatic N) is 1. The Balaban J connectivity index is 1.81. The Bertz CT molecular complexity index is 504. The van der Waals surface area contributed by atoms with Crippen LogP contribution in [0.5, 0.6) is 5.75 Å². The van der Waals surface area contributed by atoms with E-state index in [0.717, 1.165) is 34.7 Å². The third kappa shape index (κ3) is 4.29. The molecule has 122 valence electrons. The van der Waals surface area contributed by atoms with Gasteiger partial charge in [-0.25, -0.2) is 4.79 Å². The molecule has 2 rings (SSSR count). The number of hydrogen-bond donors (Lipinski definition) is 1. The second kappa shape index (κ2) is 7.73. The van der Waals surface area contributed by atoms with E-state index in [-0.39, 0.29) is 12.8 Å². The van der Waals surface area contributed by atoms with Crippen molar-refractivity contribution in [2.75, 3.05) is 13.8 Å². The summed E-state index contributed by atoms with van der Waals surface area (Å²) in [5, 5.41) is 3.57. The minimum absolute atomic E-state index is 0.0747. The molecule has 1 aromatic carbocycles. The molecule has 1 saturated carbocycles. The van der Waals surface area contributed by atoms with E-state index >= 15 is 0 Å². The van der Waals surface area contributed by atoms with Crippen molar-refractivity contribution in [1.29, 1.82) is 0 Å². The van der Waals surface area contributed by atoms with E-state index in [1.54, 1.807) is 4.90 Å². The first kappa shape index (κ1) is 16.9. The van der Waals surface area contributed by atoms with Crippen molar-refractivity contribution < 1.29 is 9.53 Å². The molecule has 4 nitrogen and oxygen atoms in total. The zero-order valence-corrected chi connectivity index (χ0v) is 14.4. The fourth-order valence-electron chi connectivity index (χ4n) is 2.93. The van der Waals surface area contributed by atoms with Gasteiger partial charge in [-0.05, 0) is 49.9 Å². The van der Waals surface area contributed by atoms with Crippen molar-refractivity contribution in [3.05, 3.63) is 28.3 Å². The Kier molecular flexibility index (Phi) is 5.95. The van der Waals surface area contributed by atoms with Gasteiger partial charge in [0.25, 0.3) is 0 Å². The minimum atomic E-state index is -0.0747. The predicted octanol–water partition coefficient (Wildman–Crippen LogP) is 4.27. The van der Waals surface area contributed by atoms with E-state index in [1.165, 1.54) is 19.3 Å². The number of rotatable bonds is 4. The topological polar surface area (TPSA) is 41.6 Å². The lowest BCUT2D eigenvalue weighted by Crippen LogP contribution is -2.45. The first-order chi connectivity index (χ1) is 10.5. The van der Waals surface area contributed by atoms with Crippen LogP contribution < -0.4 is 10.1 Å². The molecule has 22 heavy (non-hydrogen) atoms. The second-order valence-corrected chi connectivity index (χ2v) is 6.42. The molecule has 0 spiro atoms. The lowest BCUT2D eigenvalue weighted by Gasteiger charge is -2.31. The monoisotopic (exact) mass is 324 g/mol. The summed E-state index contributed by atoms with van der Waals surface area (Å²) in [4.78, 5) is 13.9. The maximum absolute atomic E-state index is 12.1. The summed E-state index contributed by atoms with van der Waals surface area (Å²) in [5.74, 6) is 0.722. The van der Waals surface area contributed by atoms with Gasteiger partial charge in [-0.2, -0.15) is 0 Å². The maximum Gasteiger partial charge on any atom is 0.319 e. The Morgan fingerprint density at radius 3 is 2.45 bits per heavy atom. The van der Waals surface area contributed by atoms with Crippen LogP contribution in [0.4, 0.5) is 4.79 Å². The Hall–Kier alpha value is -1.42. The summed E-state index contributed by atoms with van der Waals surface area (Å²) in [6.07, 6.45) is 5.90. The first-order valence-electron chi connectivity index (χ1n) is 7.89. The molecule has 0 aliphatic heterocycles. The zero-order chi connectivity index (χ0) is 16.1. The molecular weight excluding hydrogens is 300 g/mol. The van der Waals surface area contributed by atoms with Crippen LogP contribution in [0.25, 0.3) is 0 Å². The number of amides is 2. The molecular formula is C17H25ClN2O2. The number of aryl methyl sites for hydroxylation is 2. The first-order valence-corrected chi connectivity index (χ1v) is 8.27. The van der Waals surface area contributed by atoms with Gasteiger partial charge in [0.2, 0.25) is 0 Å². The number of ether oxygens (including phenoxy) is 1. The maximum atomic E-state index is 12.1. The van der Waals surface area contributed by atoms with Gasteiger partial charge in [-0.1, -0.05) is 30.9 Å². The Labute approximate surface area is 137 Å². The minimum Gasteiger partial charge on any atom is -0.473 e. The van der Waals surface area contributed by atoms with Gasteiger partial charge < -0.3 is 15.0 Å². The molecule has 0 unspecified atom stereocenters. The summed E-state index contributed by atoms with van der Waals surface area (Å²) in [6.45, 7) is 4.05. The summed E-state index contributed by atoms with van der Waals surface area (Å²) >= 11 is 6.13. The van der Waals surface area contributed by atoms with Gasteiger partial charge in [0.05, 0.1) is 0 Å². The van der Waals surface area contributed by atoms with Crippen LogP contribution in [0.15, 0.2) is 12.1 Å². The fraction of sp³-hybridized carbons (Fsp3) is 0.588. The van der Waals surface area contributed by atoms with E-state index in [1.807, 2.05) is 33.0 Å². The van der Waals surface area contributed by atoms with Crippen molar-refractivity contribution in [3.63, 3.8) is 0 Å². The summed E-state index contributed by atoms with van der Waals surface area (Å²) < 4.78 is 5.61. The predicted molar refractivity (Wildman–Crippen MR) is 89.6 cm³/mol.